The van der Waals surface area contributed by atoms with Crippen LogP contribution >= 0.6 is 0 Å². The molecule has 0 radical (unpaired) electrons. The molecule has 0 atom stereocenters. The molecule has 0 bridgehead atoms. The zero-order valence-corrected chi connectivity index (χ0v) is 14.7. The number of rotatable bonds is 4. The van der Waals surface area contributed by atoms with Crippen molar-refractivity contribution < 1.29 is 14.3 Å². The van der Waals surface area contributed by atoms with E-state index in [0.29, 0.717) is 31.2 Å². The highest BCUT2D eigenvalue weighted by Crippen LogP contribution is 2.33. The van der Waals surface area contributed by atoms with Crippen LogP contribution in [0.25, 0.3) is 5.69 Å². The first-order valence-corrected chi connectivity index (χ1v) is 8.34. The van der Waals surface area contributed by atoms with Crippen molar-refractivity contribution in [1.82, 2.24) is 9.88 Å². The van der Waals surface area contributed by atoms with Crippen LogP contribution in [-0.2, 0) is 0 Å². The van der Waals surface area contributed by atoms with Gasteiger partial charge in [-0.3, -0.25) is 4.79 Å². The van der Waals surface area contributed by atoms with Gasteiger partial charge in [0.05, 0.1) is 5.56 Å². The number of ether oxygens (including phenoxy) is 2. The molecule has 1 aromatic heterocycles. The van der Waals surface area contributed by atoms with Crippen molar-refractivity contribution in [3.8, 4) is 17.2 Å². The minimum Gasteiger partial charge on any atom is -0.486 e. The largest absolute Gasteiger partial charge is 0.486 e. The summed E-state index contributed by atoms with van der Waals surface area (Å²) in [5, 5.41) is 2.98. The van der Waals surface area contributed by atoms with Gasteiger partial charge in [0, 0.05) is 29.7 Å². The summed E-state index contributed by atoms with van der Waals surface area (Å²) in [6.07, 6.45) is 0. The van der Waals surface area contributed by atoms with Crippen molar-refractivity contribution in [1.29, 1.82) is 0 Å². The van der Waals surface area contributed by atoms with Crippen molar-refractivity contribution >= 4 is 5.91 Å². The zero-order chi connectivity index (χ0) is 17.3. The van der Waals surface area contributed by atoms with Gasteiger partial charge in [0.25, 0.3) is 5.91 Å². The fraction of sp³-hybridized carbons (Fsp3) is 0.421. The van der Waals surface area contributed by atoms with Crippen molar-refractivity contribution in [3.05, 3.63) is 41.2 Å². The number of hydrogen-bond acceptors (Lipinski definition) is 3. The molecule has 0 unspecified atom stereocenters. The number of hydrogen-bond donors (Lipinski definition) is 1. The summed E-state index contributed by atoms with van der Waals surface area (Å²) in [5.74, 6) is 1.91. The summed E-state index contributed by atoms with van der Waals surface area (Å²) in [5.41, 5.74) is 3.62. The lowest BCUT2D eigenvalue weighted by Gasteiger charge is -2.20. The highest BCUT2D eigenvalue weighted by molar-refractivity contribution is 5.95. The second kappa shape index (κ2) is 6.59. The van der Waals surface area contributed by atoms with Crippen LogP contribution in [-0.4, -0.2) is 30.2 Å². The Morgan fingerprint density at radius 1 is 1.17 bits per heavy atom. The Kier molecular flexibility index (Phi) is 4.51. The Bertz CT molecular complexity index is 762. The molecule has 5 heteroatoms. The number of nitrogens with one attached hydrogen (secondary N) is 1. The Morgan fingerprint density at radius 3 is 2.58 bits per heavy atom. The average Bonchev–Trinajstić information content (AvgIpc) is 2.87. The summed E-state index contributed by atoms with van der Waals surface area (Å²) in [6.45, 7) is 9.94. The maximum atomic E-state index is 12.4. The number of carbonyl (C=O) groups excluding carboxylic acids is 1. The van der Waals surface area contributed by atoms with E-state index in [-0.39, 0.29) is 5.91 Å². The number of carbonyl (C=O) groups is 1. The first kappa shape index (κ1) is 16.4. The topological polar surface area (TPSA) is 52.5 Å². The molecule has 0 spiro atoms. The predicted octanol–water partition coefficient (Wildman–Crippen LogP) is 3.25. The van der Waals surface area contributed by atoms with E-state index in [0.717, 1.165) is 28.6 Å². The van der Waals surface area contributed by atoms with E-state index in [4.69, 9.17) is 9.47 Å². The summed E-state index contributed by atoms with van der Waals surface area (Å²) in [4.78, 5) is 12.4. The van der Waals surface area contributed by atoms with Crippen molar-refractivity contribution in [2.24, 2.45) is 5.92 Å². The zero-order valence-electron chi connectivity index (χ0n) is 14.7. The van der Waals surface area contributed by atoms with Crippen LogP contribution in [0.15, 0.2) is 24.3 Å². The molecule has 0 saturated heterocycles. The number of benzene rings is 1. The molecule has 1 N–H and O–H groups in total. The molecule has 1 aliphatic rings. The molecule has 2 aromatic rings. The maximum Gasteiger partial charge on any atom is 0.253 e. The van der Waals surface area contributed by atoms with Gasteiger partial charge < -0.3 is 19.4 Å². The molecule has 1 aromatic carbocycles. The standard InChI is InChI=1S/C19H24N2O3/c1-12(2)11-20-19(22)16-9-13(3)21(14(16)4)15-5-6-17-18(10-15)24-8-7-23-17/h5-6,9-10,12H,7-8,11H2,1-4H3,(H,20,22). The minimum absolute atomic E-state index is 0.0272. The fourth-order valence-corrected chi connectivity index (χ4v) is 2.95. The lowest BCUT2D eigenvalue weighted by atomic mass is 10.2. The average molecular weight is 328 g/mol. The van der Waals surface area contributed by atoms with Gasteiger partial charge in [0.2, 0.25) is 0 Å². The fourth-order valence-electron chi connectivity index (χ4n) is 2.95. The summed E-state index contributed by atoms with van der Waals surface area (Å²) in [6, 6.07) is 7.80. The molecule has 128 valence electrons. The lowest BCUT2D eigenvalue weighted by molar-refractivity contribution is 0.0948. The normalized spacial score (nSPS) is 13.2. The van der Waals surface area contributed by atoms with Crippen molar-refractivity contribution in [3.63, 3.8) is 0 Å². The van der Waals surface area contributed by atoms with Gasteiger partial charge in [-0.1, -0.05) is 13.8 Å². The van der Waals surface area contributed by atoms with Crippen LogP contribution in [0.1, 0.15) is 35.6 Å². The third-order valence-corrected chi connectivity index (χ3v) is 4.13. The quantitative estimate of drug-likeness (QED) is 0.937. The SMILES string of the molecule is Cc1cc(C(=O)NCC(C)C)c(C)n1-c1ccc2c(c1)OCCO2. The van der Waals surface area contributed by atoms with Gasteiger partial charge in [-0.25, -0.2) is 0 Å². The van der Waals surface area contributed by atoms with Crippen LogP contribution in [0.2, 0.25) is 0 Å². The van der Waals surface area contributed by atoms with Crippen molar-refractivity contribution in [2.45, 2.75) is 27.7 Å². The number of nitrogens with zero attached hydrogens (tertiary/aromatic N) is 1. The van der Waals surface area contributed by atoms with E-state index in [1.54, 1.807) is 0 Å². The molecular weight excluding hydrogens is 304 g/mol. The van der Waals surface area contributed by atoms with Gasteiger partial charge in [-0.15, -0.1) is 0 Å². The van der Waals surface area contributed by atoms with E-state index < -0.39 is 0 Å². The molecule has 0 aliphatic carbocycles. The second-order valence-corrected chi connectivity index (χ2v) is 6.55. The van der Waals surface area contributed by atoms with E-state index in [1.807, 2.05) is 38.1 Å². The van der Waals surface area contributed by atoms with Crippen LogP contribution < -0.4 is 14.8 Å². The first-order chi connectivity index (χ1) is 11.5. The number of aromatic nitrogens is 1. The molecule has 1 amide bonds. The molecule has 1 aliphatic heterocycles. The van der Waals surface area contributed by atoms with Gasteiger partial charge in [-0.05, 0) is 38.0 Å². The van der Waals surface area contributed by atoms with Crippen LogP contribution in [0.5, 0.6) is 11.5 Å². The number of fused-ring (bicyclic) bond motifs is 1. The first-order valence-electron chi connectivity index (χ1n) is 8.34. The molecule has 3 rings (SSSR count). The third kappa shape index (κ3) is 3.11. The molecule has 0 saturated carbocycles. The summed E-state index contributed by atoms with van der Waals surface area (Å²) >= 11 is 0. The van der Waals surface area contributed by atoms with Gasteiger partial charge in [-0.2, -0.15) is 0 Å². The molecular formula is C19H24N2O3. The summed E-state index contributed by atoms with van der Waals surface area (Å²) < 4.78 is 13.3. The smallest absolute Gasteiger partial charge is 0.253 e. The van der Waals surface area contributed by atoms with Crippen LogP contribution in [0, 0.1) is 19.8 Å². The monoisotopic (exact) mass is 328 g/mol. The predicted molar refractivity (Wildman–Crippen MR) is 93.4 cm³/mol. The van der Waals surface area contributed by atoms with Gasteiger partial charge in [0.1, 0.15) is 13.2 Å². The minimum atomic E-state index is -0.0272. The second-order valence-electron chi connectivity index (χ2n) is 6.55. The van der Waals surface area contributed by atoms with Crippen molar-refractivity contribution in [2.75, 3.05) is 19.8 Å². The molecule has 2 heterocycles. The van der Waals surface area contributed by atoms with E-state index >= 15 is 0 Å². The number of aryl methyl sites for hydroxylation is 1. The Balaban J connectivity index is 1.93. The molecule has 5 nitrogen and oxygen atoms in total. The van der Waals surface area contributed by atoms with E-state index in [1.165, 1.54) is 0 Å². The lowest BCUT2D eigenvalue weighted by Crippen LogP contribution is -2.27. The maximum absolute atomic E-state index is 12.4. The van der Waals surface area contributed by atoms with Crippen LogP contribution in [0.4, 0.5) is 0 Å². The van der Waals surface area contributed by atoms with Gasteiger partial charge >= 0.3 is 0 Å². The summed E-state index contributed by atoms with van der Waals surface area (Å²) in [7, 11) is 0. The Hall–Kier alpha value is -2.43. The van der Waals surface area contributed by atoms with E-state index in [2.05, 4.69) is 23.7 Å². The Morgan fingerprint density at radius 2 is 1.88 bits per heavy atom. The Labute approximate surface area is 142 Å². The van der Waals surface area contributed by atoms with E-state index in [9.17, 15) is 4.79 Å². The number of amides is 1. The molecule has 24 heavy (non-hydrogen) atoms. The van der Waals surface area contributed by atoms with Gasteiger partial charge in [0.15, 0.2) is 11.5 Å². The third-order valence-electron chi connectivity index (χ3n) is 4.13. The van der Waals surface area contributed by atoms with Crippen LogP contribution in [0.3, 0.4) is 0 Å². The highest BCUT2D eigenvalue weighted by Gasteiger charge is 2.18. The highest BCUT2D eigenvalue weighted by atomic mass is 16.6. The molecule has 0 fully saturated rings.